The first-order valence-electron chi connectivity index (χ1n) is 20.9. The molecule has 4 atom stereocenters. The third kappa shape index (κ3) is 5.95. The number of anilines is 1. The molecule has 0 saturated carbocycles. The van der Waals surface area contributed by atoms with E-state index in [9.17, 15) is 5.26 Å². The van der Waals surface area contributed by atoms with Gasteiger partial charge < -0.3 is 14.8 Å². The van der Waals surface area contributed by atoms with Crippen LogP contribution in [0.5, 0.6) is 0 Å². The van der Waals surface area contributed by atoms with Gasteiger partial charge in [-0.1, -0.05) is 109 Å². The van der Waals surface area contributed by atoms with E-state index in [1.54, 1.807) is 5.57 Å². The molecule has 2 aliphatic heterocycles. The normalized spacial score (nSPS) is 23.7. The van der Waals surface area contributed by atoms with Crippen LogP contribution in [0.15, 0.2) is 192 Å². The number of aromatic nitrogens is 1. The first-order chi connectivity index (χ1) is 28.7. The minimum Gasteiger partial charge on any atom is -0.353 e. The van der Waals surface area contributed by atoms with Crippen LogP contribution in [0.2, 0.25) is 0 Å². The number of hydrogen-bond acceptors (Lipinski definition) is 4. The Kier molecular flexibility index (Phi) is 8.60. The average Bonchev–Trinajstić information content (AvgIpc) is 3.82. The van der Waals surface area contributed by atoms with Crippen LogP contribution in [0.1, 0.15) is 61.5 Å². The number of hydrogen-bond donors (Lipinski definition) is 2. The van der Waals surface area contributed by atoms with Gasteiger partial charge >= 0.3 is 0 Å². The smallest absolute Gasteiger partial charge is 0.160 e. The van der Waals surface area contributed by atoms with Crippen LogP contribution in [0.4, 0.5) is 5.69 Å². The number of para-hydroxylation sites is 2. The number of nitrogens with zero attached hydrogens (tertiary/aromatic N) is 3. The highest BCUT2D eigenvalue weighted by atomic mass is 15.3. The third-order valence-electron chi connectivity index (χ3n) is 13.0. The molecule has 5 aromatic rings. The number of nitrogens with one attached hydrogen (secondary N) is 2. The fraction of sp³-hybridized carbons (Fsp3) is 0.189. The van der Waals surface area contributed by atoms with Crippen molar-refractivity contribution in [2.45, 2.75) is 50.9 Å². The molecule has 5 nitrogen and oxygen atoms in total. The molecule has 6 aliphatic rings. The summed E-state index contributed by atoms with van der Waals surface area (Å²) in [7, 11) is 0. The summed E-state index contributed by atoms with van der Waals surface area (Å²) in [4.78, 5) is 2.49. The van der Waals surface area contributed by atoms with Gasteiger partial charge in [0.05, 0.1) is 22.7 Å². The Hall–Kier alpha value is -6.61. The van der Waals surface area contributed by atoms with Crippen molar-refractivity contribution in [3.05, 3.63) is 209 Å². The quantitative estimate of drug-likeness (QED) is 0.181. The lowest BCUT2D eigenvalue weighted by molar-refractivity contribution is 0.297. The van der Waals surface area contributed by atoms with Gasteiger partial charge in [0.2, 0.25) is 0 Å². The molecule has 2 N–H and O–H groups in total. The maximum Gasteiger partial charge on any atom is 0.160 e. The largest absolute Gasteiger partial charge is 0.353 e. The fourth-order valence-corrected chi connectivity index (χ4v) is 10.1. The van der Waals surface area contributed by atoms with Gasteiger partial charge in [0, 0.05) is 51.4 Å². The monoisotopic (exact) mass is 751 g/mol. The van der Waals surface area contributed by atoms with E-state index in [-0.39, 0.29) is 18.2 Å². The molecule has 4 unspecified atom stereocenters. The second kappa shape index (κ2) is 14.4. The Labute approximate surface area is 340 Å². The van der Waals surface area contributed by atoms with Gasteiger partial charge in [-0.3, -0.25) is 5.32 Å². The Bertz CT molecular complexity index is 2810. The van der Waals surface area contributed by atoms with Crippen molar-refractivity contribution in [3.63, 3.8) is 0 Å². The summed E-state index contributed by atoms with van der Waals surface area (Å²) < 4.78 is 2.52. The summed E-state index contributed by atoms with van der Waals surface area (Å²) in [6.45, 7) is 0. The predicted octanol–water partition coefficient (Wildman–Crippen LogP) is 11.9. The first kappa shape index (κ1) is 34.6. The van der Waals surface area contributed by atoms with E-state index in [4.69, 9.17) is 0 Å². The maximum atomic E-state index is 9.40. The van der Waals surface area contributed by atoms with Gasteiger partial charge in [-0.25, -0.2) is 0 Å². The van der Waals surface area contributed by atoms with Crippen LogP contribution in [0.3, 0.4) is 0 Å². The molecule has 282 valence electrons. The molecule has 4 aliphatic carbocycles. The van der Waals surface area contributed by atoms with Crippen molar-refractivity contribution in [2.24, 2.45) is 11.8 Å². The van der Waals surface area contributed by atoms with E-state index in [1.165, 1.54) is 72.4 Å². The predicted molar refractivity (Wildman–Crippen MR) is 238 cm³/mol. The van der Waals surface area contributed by atoms with E-state index >= 15 is 0 Å². The minimum absolute atomic E-state index is 0.0948. The van der Waals surface area contributed by atoms with Crippen molar-refractivity contribution in [3.8, 4) is 6.07 Å². The van der Waals surface area contributed by atoms with Crippen molar-refractivity contribution in [1.29, 1.82) is 5.26 Å². The second-order valence-corrected chi connectivity index (χ2v) is 16.3. The molecule has 0 spiro atoms. The SMILES string of the molecule is N#Cc1ccc(C2=CC=CC(C3C=C(C4=CC=CCC4)NC(n4c5ccccc5c5ccc(C6=CC=C7C(C6)C6=C(C=CCC6)N7c6ccccc6)cc54)N3)C2)cc1. The molecule has 0 amide bonds. The van der Waals surface area contributed by atoms with E-state index < -0.39 is 0 Å². The van der Waals surface area contributed by atoms with Crippen molar-refractivity contribution < 1.29 is 0 Å². The maximum absolute atomic E-state index is 9.40. The highest BCUT2D eigenvalue weighted by Gasteiger charge is 2.38. The highest BCUT2D eigenvalue weighted by Crippen LogP contribution is 2.50. The van der Waals surface area contributed by atoms with Crippen LogP contribution >= 0.6 is 0 Å². The standard InChI is InChI=1S/C53H45N5/c54-34-35-22-24-36(25-23-35)38-14-11-15-41(30-38)48-33-47(37-12-3-1-4-13-37)55-53(56-48)58-50-21-10-7-18-43(50)45-28-26-40(32-52(45)58)39-27-29-51-46(31-39)44-19-8-9-20-49(44)57(51)42-16-5-2-6-17-42/h1-3,5-7,9-12,14-18,20-29,32-33,41,46,48,53,55-56H,4,8,13,19,30-31H2. The zero-order chi connectivity index (χ0) is 38.6. The van der Waals surface area contributed by atoms with Gasteiger partial charge in [0.25, 0.3) is 0 Å². The van der Waals surface area contributed by atoms with E-state index in [0.717, 1.165) is 38.5 Å². The van der Waals surface area contributed by atoms with Crippen LogP contribution in [0.25, 0.3) is 33.0 Å². The molecule has 5 heteroatoms. The Morgan fingerprint density at radius 1 is 0.690 bits per heavy atom. The summed E-state index contributed by atoms with van der Waals surface area (Å²) in [5.74, 6) is 0.629. The molecule has 11 rings (SSSR count). The van der Waals surface area contributed by atoms with Crippen LogP contribution in [-0.4, -0.2) is 10.6 Å². The minimum atomic E-state index is -0.171. The van der Waals surface area contributed by atoms with Crippen LogP contribution in [-0.2, 0) is 0 Å². The molecular formula is C53H45N5. The van der Waals surface area contributed by atoms with Gasteiger partial charge in [0.1, 0.15) is 0 Å². The van der Waals surface area contributed by atoms with E-state index in [1.807, 2.05) is 12.1 Å². The lowest BCUT2D eigenvalue weighted by atomic mass is 9.82. The van der Waals surface area contributed by atoms with Crippen molar-refractivity contribution in [1.82, 2.24) is 15.2 Å². The van der Waals surface area contributed by atoms with Crippen molar-refractivity contribution in [2.75, 3.05) is 4.90 Å². The Morgan fingerprint density at radius 2 is 1.48 bits per heavy atom. The van der Waals surface area contributed by atoms with E-state index in [2.05, 4.69) is 178 Å². The Morgan fingerprint density at radius 3 is 2.34 bits per heavy atom. The zero-order valence-corrected chi connectivity index (χ0v) is 32.5. The first-order valence-corrected chi connectivity index (χ1v) is 20.9. The lowest BCUT2D eigenvalue weighted by Crippen LogP contribution is -2.50. The lowest BCUT2D eigenvalue weighted by Gasteiger charge is -2.38. The molecule has 0 radical (unpaired) electrons. The fourth-order valence-electron chi connectivity index (χ4n) is 10.1. The summed E-state index contributed by atoms with van der Waals surface area (Å²) >= 11 is 0. The summed E-state index contributed by atoms with van der Waals surface area (Å²) in [5, 5.41) is 20.1. The molecule has 4 aromatic carbocycles. The molecule has 1 aromatic heterocycles. The average molecular weight is 752 g/mol. The summed E-state index contributed by atoms with van der Waals surface area (Å²) in [5.41, 5.74) is 16.4. The number of rotatable bonds is 6. The molecule has 0 saturated heterocycles. The zero-order valence-electron chi connectivity index (χ0n) is 32.5. The van der Waals surface area contributed by atoms with Crippen LogP contribution in [0, 0.1) is 23.2 Å². The van der Waals surface area contributed by atoms with Gasteiger partial charge in [-0.2, -0.15) is 5.26 Å². The number of fused-ring (bicyclic) bond motifs is 5. The molecular weight excluding hydrogens is 707 g/mol. The highest BCUT2D eigenvalue weighted by molar-refractivity contribution is 6.09. The third-order valence-corrected chi connectivity index (χ3v) is 13.0. The summed E-state index contributed by atoms with van der Waals surface area (Å²) in [6, 6.07) is 37.3. The topological polar surface area (TPSA) is 56.0 Å². The summed E-state index contributed by atoms with van der Waals surface area (Å²) in [6.07, 6.45) is 31.5. The number of allylic oxidation sites excluding steroid dienone is 13. The van der Waals surface area contributed by atoms with Gasteiger partial charge in [-0.15, -0.1) is 0 Å². The second-order valence-electron chi connectivity index (χ2n) is 16.3. The van der Waals surface area contributed by atoms with Gasteiger partial charge in [-0.05, 0) is 127 Å². The molecule has 0 fully saturated rings. The number of benzene rings is 4. The molecule has 58 heavy (non-hydrogen) atoms. The molecule has 3 heterocycles. The van der Waals surface area contributed by atoms with E-state index in [0.29, 0.717) is 11.5 Å². The Balaban J connectivity index is 0.976. The number of nitriles is 1. The van der Waals surface area contributed by atoms with Crippen molar-refractivity contribution >= 4 is 38.6 Å². The van der Waals surface area contributed by atoms with Gasteiger partial charge in [0.15, 0.2) is 6.29 Å². The van der Waals surface area contributed by atoms with Crippen LogP contribution < -0.4 is 15.5 Å². The molecule has 0 bridgehead atoms.